The molecule has 3 aromatic rings. The molecule has 4 nitrogen and oxygen atoms in total. The SMILES string of the molecule is CN(C)c1ccc(N=Nc2ccc(/C=C/C(=O)c3ccccc3)cc2)cc1. The molecule has 0 saturated carbocycles. The Morgan fingerprint density at radius 2 is 1.33 bits per heavy atom. The highest BCUT2D eigenvalue weighted by molar-refractivity contribution is 6.06. The summed E-state index contributed by atoms with van der Waals surface area (Å²) in [5, 5.41) is 8.51. The van der Waals surface area contributed by atoms with Crippen LogP contribution in [-0.4, -0.2) is 19.9 Å². The Labute approximate surface area is 159 Å². The molecule has 0 aliphatic rings. The molecule has 0 heterocycles. The van der Waals surface area contributed by atoms with Gasteiger partial charge in [0.15, 0.2) is 5.78 Å². The first-order valence-corrected chi connectivity index (χ1v) is 8.68. The molecule has 4 heteroatoms. The van der Waals surface area contributed by atoms with E-state index in [2.05, 4.69) is 10.2 Å². The van der Waals surface area contributed by atoms with Crippen LogP contribution < -0.4 is 4.90 Å². The summed E-state index contributed by atoms with van der Waals surface area (Å²) in [6.07, 6.45) is 3.38. The summed E-state index contributed by atoms with van der Waals surface area (Å²) in [6.45, 7) is 0. The molecule has 3 rings (SSSR count). The number of ketones is 1. The smallest absolute Gasteiger partial charge is 0.185 e. The highest BCUT2D eigenvalue weighted by Gasteiger charge is 1.99. The summed E-state index contributed by atoms with van der Waals surface area (Å²) in [5.74, 6) is -0.0134. The van der Waals surface area contributed by atoms with E-state index in [1.165, 1.54) is 0 Å². The van der Waals surface area contributed by atoms with Gasteiger partial charge in [0.05, 0.1) is 11.4 Å². The third-order valence-electron chi connectivity index (χ3n) is 4.03. The Morgan fingerprint density at radius 3 is 1.89 bits per heavy atom. The molecular weight excluding hydrogens is 334 g/mol. The fourth-order valence-electron chi connectivity index (χ4n) is 2.46. The second-order valence-corrected chi connectivity index (χ2v) is 6.27. The summed E-state index contributed by atoms with van der Waals surface area (Å²) in [4.78, 5) is 14.1. The maximum absolute atomic E-state index is 12.1. The lowest BCUT2D eigenvalue weighted by molar-refractivity contribution is 0.104. The summed E-state index contributed by atoms with van der Waals surface area (Å²) < 4.78 is 0. The van der Waals surface area contributed by atoms with Gasteiger partial charge in [0.25, 0.3) is 0 Å². The zero-order valence-electron chi connectivity index (χ0n) is 15.4. The first-order valence-electron chi connectivity index (χ1n) is 8.68. The largest absolute Gasteiger partial charge is 0.378 e. The quantitative estimate of drug-likeness (QED) is 0.306. The van der Waals surface area contributed by atoms with Crippen molar-refractivity contribution in [3.05, 3.63) is 96.1 Å². The lowest BCUT2D eigenvalue weighted by Gasteiger charge is -2.11. The standard InChI is InChI=1S/C23H21N3O/c1-26(2)22-15-13-21(14-16-22)25-24-20-11-8-18(9-12-20)10-17-23(27)19-6-4-3-5-7-19/h3-17H,1-2H3/b17-10+,25-24?. The van der Waals surface area contributed by atoms with Gasteiger partial charge in [0.2, 0.25) is 0 Å². The number of hydrogen-bond donors (Lipinski definition) is 0. The van der Waals surface area contributed by atoms with E-state index >= 15 is 0 Å². The number of azo groups is 1. The van der Waals surface area contributed by atoms with Crippen LogP contribution in [0.5, 0.6) is 0 Å². The zero-order chi connectivity index (χ0) is 19.1. The molecule has 0 radical (unpaired) electrons. The average Bonchev–Trinajstić information content (AvgIpc) is 2.72. The predicted octanol–water partition coefficient (Wildman–Crippen LogP) is 6.06. The van der Waals surface area contributed by atoms with Crippen LogP contribution in [0.25, 0.3) is 6.08 Å². The third-order valence-corrected chi connectivity index (χ3v) is 4.03. The maximum atomic E-state index is 12.1. The molecule has 0 unspecified atom stereocenters. The third kappa shape index (κ3) is 5.22. The Bertz CT molecular complexity index is 941. The van der Waals surface area contributed by atoms with Crippen LogP contribution in [0.3, 0.4) is 0 Å². The van der Waals surface area contributed by atoms with Gasteiger partial charge in [-0.05, 0) is 48.0 Å². The molecule has 3 aromatic carbocycles. The van der Waals surface area contributed by atoms with E-state index in [0.717, 1.165) is 22.6 Å². The molecule has 0 aromatic heterocycles. The van der Waals surface area contributed by atoms with Crippen molar-refractivity contribution < 1.29 is 4.79 Å². The minimum Gasteiger partial charge on any atom is -0.378 e. The number of benzene rings is 3. The molecule has 134 valence electrons. The predicted molar refractivity (Wildman–Crippen MR) is 111 cm³/mol. The van der Waals surface area contributed by atoms with E-state index in [1.54, 1.807) is 24.3 Å². The van der Waals surface area contributed by atoms with Crippen LogP contribution in [0, 0.1) is 0 Å². The van der Waals surface area contributed by atoms with Gasteiger partial charge in [-0.1, -0.05) is 48.5 Å². The van der Waals surface area contributed by atoms with Gasteiger partial charge in [-0.2, -0.15) is 10.2 Å². The van der Waals surface area contributed by atoms with Crippen LogP contribution in [0.2, 0.25) is 0 Å². The molecular formula is C23H21N3O. The number of carbonyl (C=O) groups excluding carboxylic acids is 1. The summed E-state index contributed by atoms with van der Waals surface area (Å²) in [7, 11) is 4.00. The molecule has 0 saturated heterocycles. The van der Waals surface area contributed by atoms with Crippen molar-refractivity contribution in [1.82, 2.24) is 0 Å². The second kappa shape index (κ2) is 8.72. The number of allylic oxidation sites excluding steroid dienone is 1. The summed E-state index contributed by atoms with van der Waals surface area (Å²) in [5.41, 5.74) is 4.31. The zero-order valence-corrected chi connectivity index (χ0v) is 15.4. The van der Waals surface area contributed by atoms with Crippen molar-refractivity contribution in [3.63, 3.8) is 0 Å². The van der Waals surface area contributed by atoms with Crippen molar-refractivity contribution in [2.45, 2.75) is 0 Å². The van der Waals surface area contributed by atoms with Gasteiger partial charge in [-0.25, -0.2) is 0 Å². The molecule has 0 fully saturated rings. The Balaban J connectivity index is 1.63. The molecule has 0 bridgehead atoms. The van der Waals surface area contributed by atoms with Gasteiger partial charge >= 0.3 is 0 Å². The number of carbonyl (C=O) groups is 1. The van der Waals surface area contributed by atoms with Crippen LogP contribution in [0.4, 0.5) is 17.1 Å². The van der Waals surface area contributed by atoms with Gasteiger partial charge in [-0.15, -0.1) is 0 Å². The topological polar surface area (TPSA) is 45.0 Å². The van der Waals surface area contributed by atoms with Crippen LogP contribution >= 0.6 is 0 Å². The van der Waals surface area contributed by atoms with Crippen LogP contribution in [0.15, 0.2) is 95.2 Å². The highest BCUT2D eigenvalue weighted by atomic mass is 16.1. The Hall–Kier alpha value is -3.53. The van der Waals surface area contributed by atoms with Crippen LogP contribution in [0.1, 0.15) is 15.9 Å². The van der Waals surface area contributed by atoms with E-state index in [1.807, 2.05) is 85.7 Å². The monoisotopic (exact) mass is 355 g/mol. The lowest BCUT2D eigenvalue weighted by Crippen LogP contribution is -2.07. The van der Waals surface area contributed by atoms with E-state index in [-0.39, 0.29) is 5.78 Å². The van der Waals surface area contributed by atoms with Crippen molar-refractivity contribution in [1.29, 1.82) is 0 Å². The Kier molecular flexibility index (Phi) is 5.90. The van der Waals surface area contributed by atoms with Gasteiger partial charge in [0, 0.05) is 25.3 Å². The maximum Gasteiger partial charge on any atom is 0.185 e. The van der Waals surface area contributed by atoms with E-state index in [4.69, 9.17) is 0 Å². The number of nitrogens with zero attached hydrogens (tertiary/aromatic N) is 3. The van der Waals surface area contributed by atoms with E-state index in [9.17, 15) is 4.79 Å². The van der Waals surface area contributed by atoms with E-state index in [0.29, 0.717) is 5.56 Å². The van der Waals surface area contributed by atoms with Gasteiger partial charge in [-0.3, -0.25) is 4.79 Å². The highest BCUT2D eigenvalue weighted by Crippen LogP contribution is 2.21. The van der Waals surface area contributed by atoms with Crippen LogP contribution in [-0.2, 0) is 0 Å². The molecule has 27 heavy (non-hydrogen) atoms. The Morgan fingerprint density at radius 1 is 0.778 bits per heavy atom. The lowest BCUT2D eigenvalue weighted by atomic mass is 10.1. The molecule has 0 N–H and O–H groups in total. The number of hydrogen-bond acceptors (Lipinski definition) is 4. The van der Waals surface area contributed by atoms with Gasteiger partial charge < -0.3 is 4.90 Å². The minimum absolute atomic E-state index is 0.0134. The van der Waals surface area contributed by atoms with Crippen molar-refractivity contribution in [3.8, 4) is 0 Å². The molecule has 0 atom stereocenters. The summed E-state index contributed by atoms with van der Waals surface area (Å²) in [6, 6.07) is 24.7. The molecule has 0 spiro atoms. The van der Waals surface area contributed by atoms with Crippen molar-refractivity contribution in [2.24, 2.45) is 10.2 Å². The average molecular weight is 355 g/mol. The van der Waals surface area contributed by atoms with Crippen molar-refractivity contribution in [2.75, 3.05) is 19.0 Å². The van der Waals surface area contributed by atoms with Gasteiger partial charge in [0.1, 0.15) is 0 Å². The first-order chi connectivity index (χ1) is 13.1. The normalized spacial score (nSPS) is 11.2. The van der Waals surface area contributed by atoms with E-state index < -0.39 is 0 Å². The minimum atomic E-state index is -0.0134. The number of rotatable bonds is 6. The van der Waals surface area contributed by atoms with Crippen molar-refractivity contribution >= 4 is 28.9 Å². The first kappa shape index (κ1) is 18.3. The molecule has 0 amide bonds. The fourth-order valence-corrected chi connectivity index (χ4v) is 2.46. The fraction of sp³-hybridized carbons (Fsp3) is 0.0870. The summed E-state index contributed by atoms with van der Waals surface area (Å²) >= 11 is 0. The number of anilines is 1. The molecule has 0 aliphatic heterocycles. The second-order valence-electron chi connectivity index (χ2n) is 6.27. The molecule has 0 aliphatic carbocycles.